The number of aromatic nitrogens is 1. The Balaban J connectivity index is 1.92. The standard InChI is InChI=1S/C18H23N3O3/c1-3-23-16-8-5-13(11-17(16)24-4-2)9-10-20-18(22)15-7-6-14(19)12-21-15/h5-8,11-12H,3-4,9-10,19H2,1-2H3,(H,20,22). The van der Waals surface area contributed by atoms with E-state index in [1.165, 1.54) is 6.20 Å². The van der Waals surface area contributed by atoms with Crippen LogP contribution in [0.3, 0.4) is 0 Å². The average molecular weight is 329 g/mol. The molecule has 6 nitrogen and oxygen atoms in total. The maximum atomic E-state index is 12.0. The first kappa shape index (κ1) is 17.6. The number of nitrogens with zero attached hydrogens (tertiary/aromatic N) is 1. The van der Waals surface area contributed by atoms with Crippen LogP contribution in [0.2, 0.25) is 0 Å². The zero-order chi connectivity index (χ0) is 17.4. The van der Waals surface area contributed by atoms with Crippen molar-refractivity contribution in [2.45, 2.75) is 20.3 Å². The third kappa shape index (κ3) is 4.87. The first-order valence-electron chi connectivity index (χ1n) is 8.02. The molecule has 0 saturated carbocycles. The Labute approximate surface area is 142 Å². The molecule has 0 saturated heterocycles. The number of hydrogen-bond acceptors (Lipinski definition) is 5. The molecular formula is C18H23N3O3. The topological polar surface area (TPSA) is 86.5 Å². The van der Waals surface area contributed by atoms with Crippen LogP contribution in [0.1, 0.15) is 29.9 Å². The molecule has 0 unspecified atom stereocenters. The Bertz CT molecular complexity index is 672. The third-order valence-electron chi connectivity index (χ3n) is 3.33. The molecule has 1 heterocycles. The van der Waals surface area contributed by atoms with Crippen LogP contribution in [-0.4, -0.2) is 30.6 Å². The van der Waals surface area contributed by atoms with Crippen LogP contribution in [0.25, 0.3) is 0 Å². The molecule has 0 fully saturated rings. The van der Waals surface area contributed by atoms with Crippen molar-refractivity contribution in [2.75, 3.05) is 25.5 Å². The summed E-state index contributed by atoms with van der Waals surface area (Å²) in [5.74, 6) is 1.24. The fourth-order valence-electron chi connectivity index (χ4n) is 2.20. The zero-order valence-corrected chi connectivity index (χ0v) is 14.0. The van der Waals surface area contributed by atoms with Gasteiger partial charge in [-0.1, -0.05) is 6.07 Å². The molecule has 2 aromatic rings. The molecule has 6 heteroatoms. The maximum absolute atomic E-state index is 12.0. The van der Waals surface area contributed by atoms with Crippen LogP contribution >= 0.6 is 0 Å². The van der Waals surface area contributed by atoms with E-state index in [9.17, 15) is 4.79 Å². The Morgan fingerprint density at radius 2 is 1.88 bits per heavy atom. The van der Waals surface area contributed by atoms with Crippen molar-refractivity contribution in [3.63, 3.8) is 0 Å². The van der Waals surface area contributed by atoms with Gasteiger partial charge in [-0.15, -0.1) is 0 Å². The molecule has 3 N–H and O–H groups in total. The number of amides is 1. The predicted molar refractivity (Wildman–Crippen MR) is 93.5 cm³/mol. The molecule has 1 aromatic heterocycles. The fraction of sp³-hybridized carbons (Fsp3) is 0.333. The van der Waals surface area contributed by atoms with Gasteiger partial charge >= 0.3 is 0 Å². The van der Waals surface area contributed by atoms with Crippen LogP contribution in [0, 0.1) is 0 Å². The number of ether oxygens (including phenoxy) is 2. The summed E-state index contributed by atoms with van der Waals surface area (Å²) in [6, 6.07) is 9.08. The molecule has 0 aliphatic rings. The van der Waals surface area contributed by atoms with Gasteiger partial charge in [-0.25, -0.2) is 4.98 Å². The summed E-state index contributed by atoms with van der Waals surface area (Å²) in [6.45, 7) is 5.53. The van der Waals surface area contributed by atoms with Crippen LogP contribution in [0.5, 0.6) is 11.5 Å². The lowest BCUT2D eigenvalue weighted by Crippen LogP contribution is -2.26. The van der Waals surface area contributed by atoms with Gasteiger partial charge in [-0.2, -0.15) is 0 Å². The van der Waals surface area contributed by atoms with Crippen molar-refractivity contribution in [3.8, 4) is 11.5 Å². The van der Waals surface area contributed by atoms with Gasteiger partial charge in [0.05, 0.1) is 25.1 Å². The fourth-order valence-corrected chi connectivity index (χ4v) is 2.20. The number of rotatable bonds is 8. The Morgan fingerprint density at radius 1 is 1.12 bits per heavy atom. The minimum Gasteiger partial charge on any atom is -0.490 e. The summed E-state index contributed by atoms with van der Waals surface area (Å²) in [6.07, 6.45) is 2.16. The minimum absolute atomic E-state index is 0.217. The van der Waals surface area contributed by atoms with E-state index in [0.717, 1.165) is 17.1 Å². The number of anilines is 1. The normalized spacial score (nSPS) is 10.2. The second-order valence-corrected chi connectivity index (χ2v) is 5.13. The van der Waals surface area contributed by atoms with Crippen molar-refractivity contribution in [1.29, 1.82) is 0 Å². The van der Waals surface area contributed by atoms with E-state index in [1.54, 1.807) is 12.1 Å². The summed E-state index contributed by atoms with van der Waals surface area (Å²) >= 11 is 0. The molecule has 1 aromatic carbocycles. The second-order valence-electron chi connectivity index (χ2n) is 5.13. The highest BCUT2D eigenvalue weighted by atomic mass is 16.5. The van der Waals surface area contributed by atoms with E-state index in [4.69, 9.17) is 15.2 Å². The molecular weight excluding hydrogens is 306 g/mol. The van der Waals surface area contributed by atoms with Gasteiger partial charge in [-0.3, -0.25) is 4.79 Å². The number of hydrogen-bond donors (Lipinski definition) is 2. The zero-order valence-electron chi connectivity index (χ0n) is 14.0. The highest BCUT2D eigenvalue weighted by Gasteiger charge is 2.08. The lowest BCUT2D eigenvalue weighted by Gasteiger charge is -2.12. The average Bonchev–Trinajstić information content (AvgIpc) is 2.58. The van der Waals surface area contributed by atoms with Crippen molar-refractivity contribution in [1.82, 2.24) is 10.3 Å². The van der Waals surface area contributed by atoms with Crippen molar-refractivity contribution in [3.05, 3.63) is 47.8 Å². The minimum atomic E-state index is -0.217. The van der Waals surface area contributed by atoms with Gasteiger partial charge in [0, 0.05) is 6.54 Å². The van der Waals surface area contributed by atoms with E-state index in [0.29, 0.717) is 37.6 Å². The first-order valence-corrected chi connectivity index (χ1v) is 8.02. The number of pyridine rings is 1. The van der Waals surface area contributed by atoms with E-state index < -0.39 is 0 Å². The summed E-state index contributed by atoms with van der Waals surface area (Å²) in [5.41, 5.74) is 7.51. The van der Waals surface area contributed by atoms with Crippen LogP contribution in [-0.2, 0) is 6.42 Å². The molecule has 2 rings (SSSR count). The maximum Gasteiger partial charge on any atom is 0.269 e. The Hall–Kier alpha value is -2.76. The van der Waals surface area contributed by atoms with E-state index >= 15 is 0 Å². The second kappa shape index (κ2) is 8.76. The lowest BCUT2D eigenvalue weighted by molar-refractivity contribution is 0.0949. The molecule has 128 valence electrons. The lowest BCUT2D eigenvalue weighted by atomic mass is 10.1. The quantitative estimate of drug-likeness (QED) is 0.777. The number of nitrogen functional groups attached to an aromatic ring is 1. The summed E-state index contributed by atoms with van der Waals surface area (Å²) in [5, 5.41) is 2.84. The number of carbonyl (C=O) groups excluding carboxylic acids is 1. The largest absolute Gasteiger partial charge is 0.490 e. The van der Waals surface area contributed by atoms with E-state index in [1.807, 2.05) is 32.0 Å². The number of carbonyl (C=O) groups is 1. The Morgan fingerprint density at radius 3 is 2.54 bits per heavy atom. The number of benzene rings is 1. The van der Waals surface area contributed by atoms with Crippen LogP contribution in [0.15, 0.2) is 36.5 Å². The predicted octanol–water partition coefficient (Wildman–Crippen LogP) is 2.43. The summed E-state index contributed by atoms with van der Waals surface area (Å²) in [7, 11) is 0. The molecule has 1 amide bonds. The third-order valence-corrected chi connectivity index (χ3v) is 3.33. The van der Waals surface area contributed by atoms with Gasteiger partial charge in [0.1, 0.15) is 5.69 Å². The first-order chi connectivity index (χ1) is 11.6. The molecule has 0 aliphatic carbocycles. The molecule has 0 aliphatic heterocycles. The number of nitrogens with one attached hydrogen (secondary N) is 1. The molecule has 0 atom stereocenters. The van der Waals surface area contributed by atoms with E-state index in [-0.39, 0.29) is 5.91 Å². The Kier molecular flexibility index (Phi) is 6.42. The highest BCUT2D eigenvalue weighted by molar-refractivity contribution is 5.92. The molecule has 0 spiro atoms. The van der Waals surface area contributed by atoms with Gasteiger partial charge in [0.25, 0.3) is 5.91 Å². The van der Waals surface area contributed by atoms with E-state index in [2.05, 4.69) is 10.3 Å². The van der Waals surface area contributed by atoms with Crippen LogP contribution < -0.4 is 20.5 Å². The molecule has 0 radical (unpaired) electrons. The summed E-state index contributed by atoms with van der Waals surface area (Å²) < 4.78 is 11.1. The summed E-state index contributed by atoms with van der Waals surface area (Å²) in [4.78, 5) is 16.0. The van der Waals surface area contributed by atoms with Crippen molar-refractivity contribution >= 4 is 11.6 Å². The van der Waals surface area contributed by atoms with Gasteiger partial charge in [0.15, 0.2) is 11.5 Å². The smallest absolute Gasteiger partial charge is 0.269 e. The van der Waals surface area contributed by atoms with Gasteiger partial charge < -0.3 is 20.5 Å². The monoisotopic (exact) mass is 329 g/mol. The van der Waals surface area contributed by atoms with Gasteiger partial charge in [0.2, 0.25) is 0 Å². The molecule has 24 heavy (non-hydrogen) atoms. The van der Waals surface area contributed by atoms with Crippen molar-refractivity contribution in [2.24, 2.45) is 0 Å². The van der Waals surface area contributed by atoms with Gasteiger partial charge in [-0.05, 0) is 50.1 Å². The van der Waals surface area contributed by atoms with Crippen LogP contribution in [0.4, 0.5) is 5.69 Å². The SMILES string of the molecule is CCOc1ccc(CCNC(=O)c2ccc(N)cn2)cc1OCC. The highest BCUT2D eigenvalue weighted by Crippen LogP contribution is 2.28. The van der Waals surface area contributed by atoms with Crippen molar-refractivity contribution < 1.29 is 14.3 Å². The molecule has 0 bridgehead atoms. The number of nitrogens with two attached hydrogens (primary N) is 1.